The number of nitriles is 5. The van der Waals surface area contributed by atoms with Gasteiger partial charge in [0.1, 0.15) is 29.8 Å². The lowest BCUT2D eigenvalue weighted by Gasteiger charge is -2.09. The number of aliphatic imine (C=N–C) groups is 1. The van der Waals surface area contributed by atoms with E-state index in [0.29, 0.717) is 56.1 Å². The summed E-state index contributed by atoms with van der Waals surface area (Å²) in [5, 5.41) is 46.4. The van der Waals surface area contributed by atoms with Gasteiger partial charge in [-0.1, -0.05) is 0 Å². The summed E-state index contributed by atoms with van der Waals surface area (Å²) in [7, 11) is 0. The molecule has 0 saturated carbocycles. The normalized spacial score (nSPS) is 15.0. The van der Waals surface area contributed by atoms with Gasteiger partial charge in [0.05, 0.1) is 28.2 Å². The minimum absolute atomic E-state index is 0.117. The van der Waals surface area contributed by atoms with Crippen LogP contribution in [0.4, 0.5) is 0 Å². The highest BCUT2D eigenvalue weighted by molar-refractivity contribution is 6.38. The average Bonchev–Trinajstić information content (AvgIpc) is 3.38. The predicted molar refractivity (Wildman–Crippen MR) is 112 cm³/mol. The second-order valence-electron chi connectivity index (χ2n) is 6.57. The molecule has 2 aliphatic carbocycles. The first kappa shape index (κ1) is 19.7. The fraction of sp³-hybridized carbons (Fsp3) is 0. The molecule has 32 heavy (non-hydrogen) atoms. The van der Waals surface area contributed by atoms with E-state index in [2.05, 4.69) is 15.0 Å². The highest BCUT2D eigenvalue weighted by Crippen LogP contribution is 2.46. The summed E-state index contributed by atoms with van der Waals surface area (Å²) in [5.41, 5.74) is 4.50. The van der Waals surface area contributed by atoms with E-state index in [1.807, 2.05) is 24.3 Å². The summed E-state index contributed by atoms with van der Waals surface area (Å²) in [6.07, 6.45) is 8.05. The van der Waals surface area contributed by atoms with Crippen molar-refractivity contribution in [2.75, 3.05) is 0 Å². The summed E-state index contributed by atoms with van der Waals surface area (Å²) >= 11 is 0. The molecule has 2 heterocycles. The van der Waals surface area contributed by atoms with Crippen LogP contribution in [0.15, 0.2) is 76.1 Å². The maximum Gasteiger partial charge on any atom is 0.206 e. The molecule has 0 aromatic carbocycles. The average molecular weight is 408 g/mol. The Kier molecular flexibility index (Phi) is 4.93. The van der Waals surface area contributed by atoms with Crippen molar-refractivity contribution in [3.63, 3.8) is 0 Å². The Hall–Kier alpha value is -5.62. The van der Waals surface area contributed by atoms with Gasteiger partial charge < -0.3 is 0 Å². The molecule has 0 bridgehead atoms. The quantitative estimate of drug-likeness (QED) is 0.545. The third kappa shape index (κ3) is 3.12. The number of nitrogens with zero attached hydrogens (tertiary/aromatic N) is 8. The van der Waals surface area contributed by atoms with Crippen LogP contribution in [0.3, 0.4) is 0 Å². The van der Waals surface area contributed by atoms with Crippen LogP contribution in [0.5, 0.6) is 0 Å². The van der Waals surface area contributed by atoms with Crippen LogP contribution < -0.4 is 0 Å². The maximum atomic E-state index is 9.57. The van der Waals surface area contributed by atoms with Crippen molar-refractivity contribution in [2.45, 2.75) is 0 Å². The first-order valence-corrected chi connectivity index (χ1v) is 9.08. The van der Waals surface area contributed by atoms with Gasteiger partial charge in [-0.05, 0) is 42.0 Å². The van der Waals surface area contributed by atoms with Crippen molar-refractivity contribution >= 4 is 16.9 Å². The second-order valence-corrected chi connectivity index (χ2v) is 6.57. The number of rotatable bonds is 2. The van der Waals surface area contributed by atoms with Gasteiger partial charge >= 0.3 is 0 Å². The second kappa shape index (κ2) is 8.02. The molecule has 0 amide bonds. The summed E-state index contributed by atoms with van der Waals surface area (Å²) in [6.45, 7) is 0. The van der Waals surface area contributed by atoms with E-state index in [9.17, 15) is 15.8 Å². The zero-order chi connectivity index (χ0) is 22.7. The molecule has 2 aromatic rings. The molecule has 144 valence electrons. The van der Waals surface area contributed by atoms with E-state index in [1.165, 1.54) is 12.4 Å². The first-order valence-electron chi connectivity index (χ1n) is 9.08. The Morgan fingerprint density at radius 1 is 0.719 bits per heavy atom. The van der Waals surface area contributed by atoms with Gasteiger partial charge in [0.25, 0.3) is 0 Å². The third-order valence-electron chi connectivity index (χ3n) is 4.89. The molecule has 0 N–H and O–H groups in total. The lowest BCUT2D eigenvalue weighted by atomic mass is 9.94. The summed E-state index contributed by atoms with van der Waals surface area (Å²) < 4.78 is 0. The van der Waals surface area contributed by atoms with Crippen LogP contribution in [-0.2, 0) is 0 Å². The molecule has 0 saturated heterocycles. The molecular weight excluding hydrogens is 400 g/mol. The zero-order valence-corrected chi connectivity index (χ0v) is 16.2. The molecule has 0 radical (unpaired) electrons. The van der Waals surface area contributed by atoms with Crippen LogP contribution in [0.25, 0.3) is 11.1 Å². The summed E-state index contributed by atoms with van der Waals surface area (Å²) in [4.78, 5) is 12.5. The van der Waals surface area contributed by atoms with Gasteiger partial charge in [0.15, 0.2) is 0 Å². The lowest BCUT2D eigenvalue weighted by molar-refractivity contribution is 1.25. The van der Waals surface area contributed by atoms with Crippen molar-refractivity contribution in [3.8, 4) is 30.5 Å². The molecule has 0 spiro atoms. The van der Waals surface area contributed by atoms with Crippen LogP contribution in [0, 0.1) is 56.8 Å². The molecule has 8 nitrogen and oxygen atoms in total. The standard InChI is InChI=1S/C24H8N8/c25-7-14-1-3-21(30-11-14)19-6-18-17(23(19)16(9-27)10-28)5-20(24(18)32-13-29)22-4-2-15(8-26)12-31-22/h1-6,11-12H. The largest absolute Gasteiger partial charge is 0.255 e. The number of hydrogen-bond donors (Lipinski definition) is 0. The number of hydrogen-bond acceptors (Lipinski definition) is 8. The lowest BCUT2D eigenvalue weighted by Crippen LogP contribution is -2.02. The number of aromatic nitrogens is 2. The third-order valence-corrected chi connectivity index (χ3v) is 4.89. The monoisotopic (exact) mass is 408 g/mol. The van der Waals surface area contributed by atoms with Crippen LogP contribution >= 0.6 is 0 Å². The molecule has 8 heteroatoms. The predicted octanol–water partition coefficient (Wildman–Crippen LogP) is 3.28. The van der Waals surface area contributed by atoms with E-state index in [-0.39, 0.29) is 5.57 Å². The Labute approximate surface area is 182 Å². The van der Waals surface area contributed by atoms with Crippen molar-refractivity contribution in [1.82, 2.24) is 9.97 Å². The number of allylic oxidation sites excluding steroid dienone is 8. The van der Waals surface area contributed by atoms with E-state index >= 15 is 0 Å². The Bertz CT molecular complexity index is 1510. The molecule has 0 atom stereocenters. The summed E-state index contributed by atoms with van der Waals surface area (Å²) in [6, 6.07) is 14.3. The topological polar surface area (TPSA) is 157 Å². The Balaban J connectivity index is 1.90. The van der Waals surface area contributed by atoms with E-state index in [4.69, 9.17) is 10.5 Å². The highest BCUT2D eigenvalue weighted by Gasteiger charge is 2.34. The number of pyridine rings is 2. The van der Waals surface area contributed by atoms with Crippen LogP contribution in [0.1, 0.15) is 22.5 Å². The van der Waals surface area contributed by atoms with E-state index in [1.54, 1.807) is 42.6 Å². The Morgan fingerprint density at radius 3 is 1.75 bits per heavy atom. The first-order chi connectivity index (χ1) is 15.6. The van der Waals surface area contributed by atoms with Crippen molar-refractivity contribution in [2.24, 2.45) is 4.99 Å². The van der Waals surface area contributed by atoms with Gasteiger partial charge in [0, 0.05) is 34.7 Å². The maximum absolute atomic E-state index is 9.57. The van der Waals surface area contributed by atoms with Crippen molar-refractivity contribution < 1.29 is 0 Å². The fourth-order valence-electron chi connectivity index (χ4n) is 3.49. The van der Waals surface area contributed by atoms with Gasteiger partial charge in [0.2, 0.25) is 6.19 Å². The molecule has 4 rings (SSSR count). The molecule has 0 unspecified atom stereocenters. The summed E-state index contributed by atoms with van der Waals surface area (Å²) in [5.74, 6) is 0. The smallest absolute Gasteiger partial charge is 0.206 e. The minimum Gasteiger partial charge on any atom is -0.255 e. The van der Waals surface area contributed by atoms with Crippen LogP contribution in [0.2, 0.25) is 0 Å². The van der Waals surface area contributed by atoms with Gasteiger partial charge in [-0.25, -0.2) is 0 Å². The SMILES string of the molecule is N#CN=C1C(c2ccc(C#N)cn2)=CC2=C1C=C(c1ccc(C#N)cn1)C2=C(C#N)C#N. The van der Waals surface area contributed by atoms with E-state index < -0.39 is 0 Å². The molecule has 2 aromatic heterocycles. The molecule has 0 aliphatic heterocycles. The highest BCUT2D eigenvalue weighted by atomic mass is 14.8. The van der Waals surface area contributed by atoms with Gasteiger partial charge in [-0.3, -0.25) is 9.97 Å². The van der Waals surface area contributed by atoms with Crippen molar-refractivity contribution in [1.29, 1.82) is 26.3 Å². The molecular formula is C24H8N8. The van der Waals surface area contributed by atoms with Gasteiger partial charge in [-0.15, -0.1) is 0 Å². The fourth-order valence-corrected chi connectivity index (χ4v) is 3.49. The van der Waals surface area contributed by atoms with Gasteiger partial charge in [-0.2, -0.15) is 31.3 Å². The van der Waals surface area contributed by atoms with E-state index in [0.717, 1.165) is 0 Å². The molecule has 2 aliphatic rings. The zero-order valence-electron chi connectivity index (χ0n) is 16.2. The van der Waals surface area contributed by atoms with Crippen LogP contribution in [-0.4, -0.2) is 15.7 Å². The Morgan fingerprint density at radius 2 is 1.28 bits per heavy atom. The minimum atomic E-state index is -0.117. The molecule has 0 fully saturated rings. The van der Waals surface area contributed by atoms with Crippen molar-refractivity contribution in [3.05, 3.63) is 93.6 Å².